The molecule has 0 radical (unpaired) electrons. The zero-order chi connectivity index (χ0) is 14.7. The average molecular weight is 296 g/mol. The van der Waals surface area contributed by atoms with Crippen molar-refractivity contribution in [2.45, 2.75) is 82.0 Å². The van der Waals surface area contributed by atoms with Gasteiger partial charge in [0.2, 0.25) is 0 Å². The van der Waals surface area contributed by atoms with Crippen LogP contribution < -0.4 is 5.73 Å². The van der Waals surface area contributed by atoms with E-state index in [-0.39, 0.29) is 5.60 Å². The molecule has 3 aliphatic rings. The zero-order valence-corrected chi connectivity index (χ0v) is 13.6. The van der Waals surface area contributed by atoms with Crippen LogP contribution in [0, 0.1) is 0 Å². The Morgan fingerprint density at radius 2 is 1.71 bits per heavy atom. The zero-order valence-electron chi connectivity index (χ0n) is 13.6. The van der Waals surface area contributed by atoms with Crippen LogP contribution in [-0.2, 0) is 9.47 Å². The largest absolute Gasteiger partial charge is 0.381 e. The van der Waals surface area contributed by atoms with Crippen molar-refractivity contribution < 1.29 is 9.47 Å². The Kier molecular flexibility index (Phi) is 5.20. The minimum absolute atomic E-state index is 0.111. The summed E-state index contributed by atoms with van der Waals surface area (Å²) in [7, 11) is 0. The summed E-state index contributed by atoms with van der Waals surface area (Å²) in [6, 6.07) is 1.88. The molecule has 2 aliphatic heterocycles. The molecule has 2 N–H and O–H groups in total. The van der Waals surface area contributed by atoms with Crippen molar-refractivity contribution in [2.75, 3.05) is 26.4 Å². The van der Waals surface area contributed by atoms with Crippen molar-refractivity contribution in [3.05, 3.63) is 0 Å². The lowest BCUT2D eigenvalue weighted by atomic mass is 9.82. The predicted molar refractivity (Wildman–Crippen MR) is 84.4 cm³/mol. The molecular formula is C17H32N2O2. The molecule has 0 bridgehead atoms. The van der Waals surface area contributed by atoms with Gasteiger partial charge in [-0.15, -0.1) is 0 Å². The van der Waals surface area contributed by atoms with E-state index in [0.717, 1.165) is 45.2 Å². The summed E-state index contributed by atoms with van der Waals surface area (Å²) in [5.41, 5.74) is 6.19. The van der Waals surface area contributed by atoms with Crippen molar-refractivity contribution in [1.82, 2.24) is 4.90 Å². The Hall–Kier alpha value is -0.160. The Balaban J connectivity index is 1.63. The van der Waals surface area contributed by atoms with E-state index < -0.39 is 0 Å². The van der Waals surface area contributed by atoms with Crippen LogP contribution in [0.3, 0.4) is 0 Å². The second kappa shape index (κ2) is 6.95. The summed E-state index contributed by atoms with van der Waals surface area (Å²) in [5, 5.41) is 0. The fourth-order valence-electron chi connectivity index (χ4n) is 4.62. The molecule has 122 valence electrons. The molecule has 21 heavy (non-hydrogen) atoms. The normalized spacial score (nSPS) is 37.0. The topological polar surface area (TPSA) is 47.7 Å². The van der Waals surface area contributed by atoms with Crippen molar-refractivity contribution in [3.8, 4) is 0 Å². The Labute approximate surface area is 129 Å². The van der Waals surface area contributed by atoms with Gasteiger partial charge in [-0.1, -0.05) is 6.92 Å². The lowest BCUT2D eigenvalue weighted by molar-refractivity contribution is -0.154. The second-order valence-corrected chi connectivity index (χ2v) is 7.19. The molecule has 4 heteroatoms. The number of rotatable bonds is 3. The van der Waals surface area contributed by atoms with Gasteiger partial charge < -0.3 is 15.2 Å². The van der Waals surface area contributed by atoms with Gasteiger partial charge in [-0.05, 0) is 57.9 Å². The van der Waals surface area contributed by atoms with Crippen LogP contribution in [-0.4, -0.2) is 55.0 Å². The predicted octanol–water partition coefficient (Wildman–Crippen LogP) is 2.31. The summed E-state index contributed by atoms with van der Waals surface area (Å²) in [6.45, 7) is 6.15. The highest BCUT2D eigenvalue weighted by atomic mass is 16.5. The summed E-state index contributed by atoms with van der Waals surface area (Å²) in [5.74, 6) is 0. The first-order valence-electron chi connectivity index (χ1n) is 8.95. The first-order valence-corrected chi connectivity index (χ1v) is 8.95. The van der Waals surface area contributed by atoms with Gasteiger partial charge in [0.1, 0.15) is 0 Å². The van der Waals surface area contributed by atoms with Gasteiger partial charge in [0.25, 0.3) is 0 Å². The monoisotopic (exact) mass is 296 g/mol. The maximum atomic E-state index is 6.21. The van der Waals surface area contributed by atoms with Gasteiger partial charge >= 0.3 is 0 Å². The fourth-order valence-corrected chi connectivity index (χ4v) is 4.62. The maximum Gasteiger partial charge on any atom is 0.0741 e. The van der Waals surface area contributed by atoms with Gasteiger partial charge in [0.05, 0.1) is 5.60 Å². The number of ether oxygens (including phenoxy) is 2. The summed E-state index contributed by atoms with van der Waals surface area (Å²) in [4.78, 5) is 2.77. The van der Waals surface area contributed by atoms with E-state index in [1.54, 1.807) is 0 Å². The van der Waals surface area contributed by atoms with Crippen LogP contribution >= 0.6 is 0 Å². The minimum Gasteiger partial charge on any atom is -0.381 e. The molecule has 2 heterocycles. The maximum absolute atomic E-state index is 6.21. The van der Waals surface area contributed by atoms with Gasteiger partial charge in [0.15, 0.2) is 0 Å². The number of nitrogens with zero attached hydrogens (tertiary/aromatic N) is 1. The standard InChI is InChI=1S/C17H32N2O2/c1-2-19(15-5-3-14(18)4-6-15)16-7-10-21-17(13-16)8-11-20-12-9-17/h14-16H,2-13,18H2,1H3. The van der Waals surface area contributed by atoms with Crippen LogP contribution in [0.25, 0.3) is 0 Å². The van der Waals surface area contributed by atoms with Crippen LogP contribution in [0.15, 0.2) is 0 Å². The molecule has 1 atom stereocenters. The molecule has 0 aromatic heterocycles. The first-order chi connectivity index (χ1) is 10.2. The van der Waals surface area contributed by atoms with E-state index >= 15 is 0 Å². The van der Waals surface area contributed by atoms with Gasteiger partial charge in [-0.3, -0.25) is 4.90 Å². The molecule has 4 nitrogen and oxygen atoms in total. The first kappa shape index (κ1) is 15.7. The van der Waals surface area contributed by atoms with E-state index in [1.807, 2.05) is 0 Å². The SMILES string of the molecule is CCN(C1CCC(N)CC1)C1CCOC2(CCOCC2)C1. The Morgan fingerprint density at radius 3 is 2.38 bits per heavy atom. The molecule has 0 aromatic carbocycles. The fraction of sp³-hybridized carbons (Fsp3) is 1.00. The van der Waals surface area contributed by atoms with E-state index in [2.05, 4.69) is 11.8 Å². The molecule has 1 aliphatic carbocycles. The van der Waals surface area contributed by atoms with Gasteiger partial charge in [-0.2, -0.15) is 0 Å². The molecular weight excluding hydrogens is 264 g/mol. The Morgan fingerprint density at radius 1 is 1.00 bits per heavy atom. The highest BCUT2D eigenvalue weighted by molar-refractivity contribution is 4.94. The van der Waals surface area contributed by atoms with Crippen LogP contribution in [0.4, 0.5) is 0 Å². The van der Waals surface area contributed by atoms with Crippen LogP contribution in [0.5, 0.6) is 0 Å². The minimum atomic E-state index is 0.111. The smallest absolute Gasteiger partial charge is 0.0741 e. The Bertz CT molecular complexity index is 317. The summed E-state index contributed by atoms with van der Waals surface area (Å²) < 4.78 is 11.7. The van der Waals surface area contributed by atoms with E-state index in [0.29, 0.717) is 12.1 Å². The van der Waals surface area contributed by atoms with Crippen molar-refractivity contribution in [3.63, 3.8) is 0 Å². The summed E-state index contributed by atoms with van der Waals surface area (Å²) in [6.07, 6.45) is 9.51. The molecule has 3 rings (SSSR count). The second-order valence-electron chi connectivity index (χ2n) is 7.19. The lowest BCUT2D eigenvalue weighted by Gasteiger charge is -2.49. The highest BCUT2D eigenvalue weighted by Crippen LogP contribution is 2.37. The van der Waals surface area contributed by atoms with Gasteiger partial charge in [-0.25, -0.2) is 0 Å². The number of hydrogen-bond donors (Lipinski definition) is 1. The molecule has 1 saturated carbocycles. The van der Waals surface area contributed by atoms with Crippen molar-refractivity contribution >= 4 is 0 Å². The van der Waals surface area contributed by atoms with Crippen molar-refractivity contribution in [2.24, 2.45) is 5.73 Å². The average Bonchev–Trinajstić information content (AvgIpc) is 2.51. The quantitative estimate of drug-likeness (QED) is 0.868. The van der Waals surface area contributed by atoms with Crippen LogP contribution in [0.1, 0.15) is 58.3 Å². The molecule has 0 amide bonds. The third-order valence-electron chi connectivity index (χ3n) is 5.92. The van der Waals surface area contributed by atoms with Gasteiger partial charge in [0, 0.05) is 37.9 Å². The highest BCUT2D eigenvalue weighted by Gasteiger charge is 2.41. The van der Waals surface area contributed by atoms with Crippen molar-refractivity contribution in [1.29, 1.82) is 0 Å². The lowest BCUT2D eigenvalue weighted by Crippen LogP contribution is -2.54. The van der Waals surface area contributed by atoms with E-state index in [9.17, 15) is 0 Å². The third-order valence-corrected chi connectivity index (χ3v) is 5.92. The number of hydrogen-bond acceptors (Lipinski definition) is 4. The molecule has 1 unspecified atom stereocenters. The van der Waals surface area contributed by atoms with Crippen LogP contribution in [0.2, 0.25) is 0 Å². The molecule has 3 fully saturated rings. The molecule has 2 saturated heterocycles. The van der Waals surface area contributed by atoms with E-state index in [4.69, 9.17) is 15.2 Å². The molecule has 1 spiro atoms. The third kappa shape index (κ3) is 3.61. The molecule has 0 aromatic rings. The number of nitrogens with two attached hydrogens (primary N) is 1. The van der Waals surface area contributed by atoms with E-state index in [1.165, 1.54) is 38.5 Å². The summed E-state index contributed by atoms with van der Waals surface area (Å²) >= 11 is 0.